The molecule has 1 aliphatic rings. The number of alkyl halides is 3. The first kappa shape index (κ1) is 18.6. The Morgan fingerprint density at radius 1 is 1.15 bits per heavy atom. The van der Waals surface area contributed by atoms with Crippen molar-refractivity contribution < 1.29 is 22.7 Å². The molecule has 1 amide bonds. The first-order chi connectivity index (χ1) is 12.3. The van der Waals surface area contributed by atoms with Crippen LogP contribution in [-0.4, -0.2) is 17.2 Å². The predicted molar refractivity (Wildman–Crippen MR) is 92.1 cm³/mol. The second-order valence-electron chi connectivity index (χ2n) is 6.21. The molecule has 1 heterocycles. The van der Waals surface area contributed by atoms with Crippen LogP contribution in [0.3, 0.4) is 0 Å². The summed E-state index contributed by atoms with van der Waals surface area (Å²) in [7, 11) is 0. The molecular formula is C19H17ClF3NO2. The zero-order valence-electron chi connectivity index (χ0n) is 14.1. The molecule has 0 atom stereocenters. The number of aryl methyl sites for hydroxylation is 1. The normalized spacial score (nSPS) is 13.9. The van der Waals surface area contributed by atoms with Crippen LogP contribution in [0.5, 0.6) is 5.75 Å². The first-order valence-corrected chi connectivity index (χ1v) is 8.60. The molecule has 0 unspecified atom stereocenters. The summed E-state index contributed by atoms with van der Waals surface area (Å²) < 4.78 is 40.5. The van der Waals surface area contributed by atoms with Crippen molar-refractivity contribution in [1.29, 1.82) is 0 Å². The number of nitrogens with zero attached hydrogens (tertiary/aromatic N) is 1. The van der Waals surface area contributed by atoms with Crippen LogP contribution in [0.1, 0.15) is 40.4 Å². The van der Waals surface area contributed by atoms with Crippen LogP contribution in [0.25, 0.3) is 0 Å². The van der Waals surface area contributed by atoms with Gasteiger partial charge in [-0.15, -0.1) is 13.2 Å². The molecule has 0 aromatic heterocycles. The van der Waals surface area contributed by atoms with E-state index in [-0.39, 0.29) is 11.7 Å². The minimum Gasteiger partial charge on any atom is -0.406 e. The fourth-order valence-corrected chi connectivity index (χ4v) is 3.45. The Labute approximate surface area is 154 Å². The van der Waals surface area contributed by atoms with E-state index in [1.807, 2.05) is 12.1 Å². The minimum absolute atomic E-state index is 0.163. The minimum atomic E-state index is -4.72. The number of carbonyl (C=O) groups is 1. The highest BCUT2D eigenvalue weighted by molar-refractivity contribution is 6.34. The lowest BCUT2D eigenvalue weighted by Crippen LogP contribution is -2.23. The zero-order valence-corrected chi connectivity index (χ0v) is 14.8. The molecule has 26 heavy (non-hydrogen) atoms. The number of ether oxygens (including phenoxy) is 1. The van der Waals surface area contributed by atoms with Crippen LogP contribution in [0.4, 0.5) is 13.2 Å². The number of amides is 1. The first-order valence-electron chi connectivity index (χ1n) is 8.22. The highest BCUT2D eigenvalue weighted by atomic mass is 35.5. The molecule has 0 aliphatic carbocycles. The van der Waals surface area contributed by atoms with E-state index in [9.17, 15) is 18.0 Å². The maximum Gasteiger partial charge on any atom is 0.573 e. The molecule has 3 nitrogen and oxygen atoms in total. The summed E-state index contributed by atoms with van der Waals surface area (Å²) in [5.74, 6) is -0.451. The van der Waals surface area contributed by atoms with Crippen molar-refractivity contribution in [2.45, 2.75) is 39.2 Å². The maximum atomic E-state index is 12.6. The van der Waals surface area contributed by atoms with E-state index in [4.69, 9.17) is 11.6 Å². The Hall–Kier alpha value is -2.21. The molecule has 0 N–H and O–H groups in total. The lowest BCUT2D eigenvalue weighted by Gasteiger charge is -2.16. The molecule has 0 saturated carbocycles. The molecule has 0 spiro atoms. The van der Waals surface area contributed by atoms with Gasteiger partial charge in [-0.3, -0.25) is 4.79 Å². The van der Waals surface area contributed by atoms with E-state index in [0.717, 1.165) is 24.0 Å². The summed E-state index contributed by atoms with van der Waals surface area (Å²) in [6.07, 6.45) is -2.85. The van der Waals surface area contributed by atoms with Crippen LogP contribution in [0.2, 0.25) is 5.02 Å². The fourth-order valence-electron chi connectivity index (χ4n) is 3.10. The van der Waals surface area contributed by atoms with Gasteiger partial charge in [0, 0.05) is 13.1 Å². The molecule has 2 aromatic carbocycles. The third kappa shape index (κ3) is 4.12. The molecule has 0 bridgehead atoms. The Bertz CT molecular complexity index is 819. The van der Waals surface area contributed by atoms with Crippen LogP contribution >= 0.6 is 11.6 Å². The third-order valence-electron chi connectivity index (χ3n) is 4.16. The van der Waals surface area contributed by atoms with Crippen molar-refractivity contribution in [3.63, 3.8) is 0 Å². The standard InChI is InChI=1S/C19H17ClF3NO2/c1-2-3-13-8-14-11-24(18(25)17(14)16(20)9-13)10-12-4-6-15(7-5-12)26-19(21,22)23/h4-9H,2-3,10-11H2,1H3. The van der Waals surface area contributed by atoms with Gasteiger partial charge in [0.1, 0.15) is 5.75 Å². The molecule has 1 aliphatic heterocycles. The van der Waals surface area contributed by atoms with Gasteiger partial charge < -0.3 is 9.64 Å². The second-order valence-corrected chi connectivity index (χ2v) is 6.62. The number of hydrogen-bond donors (Lipinski definition) is 0. The highest BCUT2D eigenvalue weighted by Gasteiger charge is 2.32. The van der Waals surface area contributed by atoms with Crippen molar-refractivity contribution in [3.8, 4) is 5.75 Å². The van der Waals surface area contributed by atoms with Gasteiger partial charge in [0.05, 0.1) is 10.6 Å². The van der Waals surface area contributed by atoms with Gasteiger partial charge in [0.2, 0.25) is 0 Å². The van der Waals surface area contributed by atoms with Gasteiger partial charge in [-0.25, -0.2) is 0 Å². The molecule has 3 rings (SSSR count). The number of halogens is 4. The van der Waals surface area contributed by atoms with Gasteiger partial charge in [0.25, 0.3) is 5.91 Å². The number of carbonyl (C=O) groups excluding carboxylic acids is 1. The molecule has 0 fully saturated rings. The third-order valence-corrected chi connectivity index (χ3v) is 4.46. The lowest BCUT2D eigenvalue weighted by molar-refractivity contribution is -0.274. The maximum absolute atomic E-state index is 12.6. The van der Waals surface area contributed by atoms with Gasteiger partial charge >= 0.3 is 6.36 Å². The Morgan fingerprint density at radius 2 is 1.85 bits per heavy atom. The summed E-state index contributed by atoms with van der Waals surface area (Å²) in [5.41, 5.74) is 3.22. The molecular weight excluding hydrogens is 367 g/mol. The smallest absolute Gasteiger partial charge is 0.406 e. The van der Waals surface area contributed by atoms with Gasteiger partial charge in [0.15, 0.2) is 0 Å². The quantitative estimate of drug-likeness (QED) is 0.696. The Morgan fingerprint density at radius 3 is 2.46 bits per heavy atom. The number of benzene rings is 2. The van der Waals surface area contributed by atoms with E-state index < -0.39 is 6.36 Å². The van der Waals surface area contributed by atoms with Crippen molar-refractivity contribution in [3.05, 3.63) is 63.7 Å². The summed E-state index contributed by atoms with van der Waals surface area (Å²) in [4.78, 5) is 14.2. The van der Waals surface area contributed by atoms with Gasteiger partial charge in [-0.05, 0) is 41.3 Å². The highest BCUT2D eigenvalue weighted by Crippen LogP contribution is 2.32. The summed E-state index contributed by atoms with van der Waals surface area (Å²) in [6.45, 7) is 2.80. The number of fused-ring (bicyclic) bond motifs is 1. The van der Waals surface area contributed by atoms with Crippen LogP contribution in [-0.2, 0) is 19.5 Å². The Kier molecular flexibility index (Phi) is 5.14. The van der Waals surface area contributed by atoms with E-state index >= 15 is 0 Å². The average molecular weight is 384 g/mol. The van der Waals surface area contributed by atoms with Crippen molar-refractivity contribution in [2.24, 2.45) is 0 Å². The van der Waals surface area contributed by atoms with Crippen molar-refractivity contribution in [1.82, 2.24) is 4.90 Å². The van der Waals surface area contributed by atoms with Crippen LogP contribution < -0.4 is 4.74 Å². The zero-order chi connectivity index (χ0) is 18.9. The van der Waals surface area contributed by atoms with E-state index in [1.165, 1.54) is 24.3 Å². The summed E-state index contributed by atoms with van der Waals surface area (Å²) in [6, 6.07) is 9.34. The molecule has 2 aromatic rings. The lowest BCUT2D eigenvalue weighted by atomic mass is 10.0. The average Bonchev–Trinajstić information content (AvgIpc) is 2.84. The fraction of sp³-hybridized carbons (Fsp3) is 0.316. The van der Waals surface area contributed by atoms with Crippen molar-refractivity contribution in [2.75, 3.05) is 0 Å². The molecule has 7 heteroatoms. The SMILES string of the molecule is CCCc1cc(Cl)c2c(c1)CN(Cc1ccc(OC(F)(F)F)cc1)C2=O. The topological polar surface area (TPSA) is 29.5 Å². The van der Waals surface area contributed by atoms with E-state index in [2.05, 4.69) is 11.7 Å². The van der Waals surface area contributed by atoms with E-state index in [0.29, 0.717) is 29.2 Å². The number of rotatable bonds is 5. The molecule has 0 radical (unpaired) electrons. The van der Waals surface area contributed by atoms with Gasteiger partial charge in [-0.2, -0.15) is 0 Å². The molecule has 0 saturated heterocycles. The Balaban J connectivity index is 1.73. The van der Waals surface area contributed by atoms with Gasteiger partial charge in [-0.1, -0.05) is 43.1 Å². The van der Waals surface area contributed by atoms with E-state index in [1.54, 1.807) is 4.90 Å². The van der Waals surface area contributed by atoms with Crippen LogP contribution in [0, 0.1) is 0 Å². The predicted octanol–water partition coefficient (Wildman–Crippen LogP) is 5.35. The largest absolute Gasteiger partial charge is 0.573 e. The monoisotopic (exact) mass is 383 g/mol. The molecule has 138 valence electrons. The summed E-state index contributed by atoms with van der Waals surface area (Å²) >= 11 is 6.29. The second kappa shape index (κ2) is 7.19. The van der Waals surface area contributed by atoms with Crippen LogP contribution in [0.15, 0.2) is 36.4 Å². The van der Waals surface area contributed by atoms with Crippen molar-refractivity contribution >= 4 is 17.5 Å². The summed E-state index contributed by atoms with van der Waals surface area (Å²) in [5, 5.41) is 0.451. The number of hydrogen-bond acceptors (Lipinski definition) is 2.